The Kier molecular flexibility index (Phi) is 6.53. The van der Waals surface area contributed by atoms with Crippen LogP contribution in [0, 0.1) is 0 Å². The molecule has 6 heteroatoms. The highest BCUT2D eigenvalue weighted by Crippen LogP contribution is 2.25. The molecule has 2 amide bonds. The number of nitrogens with one attached hydrogen (secondary N) is 1. The van der Waals surface area contributed by atoms with E-state index in [0.717, 1.165) is 24.3 Å². The van der Waals surface area contributed by atoms with E-state index in [1.165, 1.54) is 0 Å². The number of amides is 2. The second-order valence-corrected chi connectivity index (χ2v) is 6.81. The second-order valence-electron chi connectivity index (χ2n) is 6.81. The smallest absolute Gasteiger partial charge is 0.251 e. The molecule has 6 nitrogen and oxygen atoms in total. The van der Waals surface area contributed by atoms with Gasteiger partial charge in [0.2, 0.25) is 5.91 Å². The van der Waals surface area contributed by atoms with Gasteiger partial charge >= 0.3 is 0 Å². The monoisotopic (exact) mass is 382 g/mol. The molecule has 148 valence electrons. The Morgan fingerprint density at radius 1 is 1.18 bits per heavy atom. The molecule has 1 fully saturated rings. The lowest BCUT2D eigenvalue weighted by molar-refractivity contribution is -0.117. The molecule has 2 aromatic rings. The van der Waals surface area contributed by atoms with Gasteiger partial charge in [0.25, 0.3) is 5.91 Å². The number of unbranched alkanes of at least 4 members (excludes halogenated alkanes) is 1. The molecule has 1 atom stereocenters. The first-order chi connectivity index (χ1) is 13.6. The molecule has 1 aliphatic heterocycles. The number of rotatable bonds is 8. The summed E-state index contributed by atoms with van der Waals surface area (Å²) in [6.07, 6.45) is 2.36. The number of anilines is 1. The van der Waals surface area contributed by atoms with Gasteiger partial charge in [0.1, 0.15) is 11.5 Å². The molecule has 0 aliphatic carbocycles. The minimum atomic E-state index is -0.230. The van der Waals surface area contributed by atoms with Crippen LogP contribution in [0.1, 0.15) is 36.5 Å². The third-order valence-electron chi connectivity index (χ3n) is 4.71. The van der Waals surface area contributed by atoms with E-state index in [2.05, 4.69) is 12.2 Å². The van der Waals surface area contributed by atoms with E-state index in [0.29, 0.717) is 24.5 Å². The molecular weight excluding hydrogens is 356 g/mol. The van der Waals surface area contributed by atoms with E-state index in [9.17, 15) is 9.59 Å². The first kappa shape index (κ1) is 19.7. The minimum Gasteiger partial charge on any atom is -0.497 e. The lowest BCUT2D eigenvalue weighted by Crippen LogP contribution is -2.37. The van der Waals surface area contributed by atoms with Crippen LogP contribution in [0.5, 0.6) is 11.5 Å². The van der Waals surface area contributed by atoms with Crippen LogP contribution in [0.4, 0.5) is 5.69 Å². The van der Waals surface area contributed by atoms with Crippen LogP contribution >= 0.6 is 0 Å². The summed E-state index contributed by atoms with van der Waals surface area (Å²) in [6, 6.07) is 14.2. The van der Waals surface area contributed by atoms with Gasteiger partial charge in [-0.2, -0.15) is 0 Å². The van der Waals surface area contributed by atoms with Crippen molar-refractivity contribution in [3.05, 3.63) is 54.1 Å². The fraction of sp³-hybridized carbons (Fsp3) is 0.364. The van der Waals surface area contributed by atoms with Crippen molar-refractivity contribution in [3.63, 3.8) is 0 Å². The van der Waals surface area contributed by atoms with Crippen LogP contribution in [0.15, 0.2) is 48.5 Å². The number of carbonyl (C=O) groups is 2. The molecular formula is C22H26N2O4. The van der Waals surface area contributed by atoms with Crippen molar-refractivity contribution in [1.82, 2.24) is 5.32 Å². The third-order valence-corrected chi connectivity index (χ3v) is 4.71. The highest BCUT2D eigenvalue weighted by atomic mass is 16.5. The summed E-state index contributed by atoms with van der Waals surface area (Å²) in [7, 11) is 1.59. The summed E-state index contributed by atoms with van der Waals surface area (Å²) < 4.78 is 10.8. The van der Waals surface area contributed by atoms with E-state index in [1.54, 1.807) is 36.3 Å². The lowest BCUT2D eigenvalue weighted by Gasteiger charge is -2.18. The number of nitrogens with zero attached hydrogens (tertiary/aromatic N) is 1. The van der Waals surface area contributed by atoms with Gasteiger partial charge in [-0.25, -0.2) is 0 Å². The largest absolute Gasteiger partial charge is 0.497 e. The zero-order valence-electron chi connectivity index (χ0n) is 16.3. The molecule has 28 heavy (non-hydrogen) atoms. The van der Waals surface area contributed by atoms with E-state index in [-0.39, 0.29) is 24.3 Å². The number of hydrogen-bond donors (Lipinski definition) is 1. The summed E-state index contributed by atoms with van der Waals surface area (Å²) in [5, 5.41) is 2.95. The van der Waals surface area contributed by atoms with Crippen molar-refractivity contribution in [1.29, 1.82) is 0 Å². The van der Waals surface area contributed by atoms with Crippen LogP contribution in [0.3, 0.4) is 0 Å². The highest BCUT2D eigenvalue weighted by Gasteiger charge is 2.31. The molecule has 1 heterocycles. The Morgan fingerprint density at radius 2 is 1.96 bits per heavy atom. The number of ether oxygens (including phenoxy) is 2. The fourth-order valence-electron chi connectivity index (χ4n) is 3.14. The molecule has 1 aliphatic rings. The van der Waals surface area contributed by atoms with Gasteiger partial charge in [-0.1, -0.05) is 19.4 Å². The zero-order valence-corrected chi connectivity index (χ0v) is 16.3. The van der Waals surface area contributed by atoms with Crippen LogP contribution < -0.4 is 19.7 Å². The summed E-state index contributed by atoms with van der Waals surface area (Å²) in [4.78, 5) is 26.6. The SMILES string of the molecule is CCCCOc1ccc(C(=O)N[C@@H]2CC(=O)N(c3cccc(OC)c3)C2)cc1. The molecule has 2 aromatic carbocycles. The Bertz CT molecular complexity index is 820. The summed E-state index contributed by atoms with van der Waals surface area (Å²) in [6.45, 7) is 3.22. The summed E-state index contributed by atoms with van der Waals surface area (Å²) in [5.41, 5.74) is 1.32. The number of carbonyl (C=O) groups excluding carboxylic acids is 2. The van der Waals surface area contributed by atoms with Crippen molar-refractivity contribution >= 4 is 17.5 Å². The Labute approximate surface area is 165 Å². The molecule has 0 spiro atoms. The van der Waals surface area contributed by atoms with Gasteiger partial charge in [-0.15, -0.1) is 0 Å². The van der Waals surface area contributed by atoms with Crippen molar-refractivity contribution in [3.8, 4) is 11.5 Å². The topological polar surface area (TPSA) is 67.9 Å². The van der Waals surface area contributed by atoms with Gasteiger partial charge in [0.05, 0.1) is 19.8 Å². The molecule has 1 N–H and O–H groups in total. The quantitative estimate of drug-likeness (QED) is 0.711. The maximum absolute atomic E-state index is 12.5. The molecule has 1 saturated heterocycles. The third kappa shape index (κ3) is 4.82. The van der Waals surface area contributed by atoms with Crippen molar-refractivity contribution in [2.24, 2.45) is 0 Å². The van der Waals surface area contributed by atoms with Crippen molar-refractivity contribution in [2.75, 3.05) is 25.2 Å². The van der Waals surface area contributed by atoms with E-state index < -0.39 is 0 Å². The maximum atomic E-state index is 12.5. The second kappa shape index (κ2) is 9.26. The van der Waals surface area contributed by atoms with Gasteiger partial charge in [0, 0.05) is 30.3 Å². The zero-order chi connectivity index (χ0) is 19.9. The molecule has 0 radical (unpaired) electrons. The van der Waals surface area contributed by atoms with Crippen molar-refractivity contribution < 1.29 is 19.1 Å². The van der Waals surface area contributed by atoms with Crippen LogP contribution in [0.2, 0.25) is 0 Å². The first-order valence-electron chi connectivity index (χ1n) is 9.59. The molecule has 3 rings (SSSR count). The predicted octanol–water partition coefficient (Wildman–Crippen LogP) is 3.41. The van der Waals surface area contributed by atoms with Crippen LogP contribution in [-0.2, 0) is 4.79 Å². The lowest BCUT2D eigenvalue weighted by atomic mass is 10.2. The highest BCUT2D eigenvalue weighted by molar-refractivity contribution is 5.99. The average Bonchev–Trinajstić information content (AvgIpc) is 3.08. The Balaban J connectivity index is 1.58. The number of benzene rings is 2. The van der Waals surface area contributed by atoms with E-state index >= 15 is 0 Å². The van der Waals surface area contributed by atoms with Crippen LogP contribution in [0.25, 0.3) is 0 Å². The predicted molar refractivity (Wildman–Crippen MR) is 108 cm³/mol. The standard InChI is InChI=1S/C22H26N2O4/c1-3-4-12-28-19-10-8-16(9-11-19)22(26)23-17-13-21(25)24(15-17)18-6-5-7-20(14-18)27-2/h5-11,14,17H,3-4,12-13,15H2,1-2H3,(H,23,26)/t17-/m1/s1. The normalized spacial score (nSPS) is 16.1. The fourth-order valence-corrected chi connectivity index (χ4v) is 3.14. The van der Waals surface area contributed by atoms with Gasteiger partial charge in [-0.3, -0.25) is 9.59 Å². The molecule has 0 unspecified atom stereocenters. The van der Waals surface area contributed by atoms with Gasteiger partial charge in [0.15, 0.2) is 0 Å². The van der Waals surface area contributed by atoms with Gasteiger partial charge in [-0.05, 0) is 42.8 Å². The minimum absolute atomic E-state index is 0.0155. The molecule has 0 aromatic heterocycles. The van der Waals surface area contributed by atoms with Gasteiger partial charge < -0.3 is 19.7 Å². The Hall–Kier alpha value is -3.02. The average molecular weight is 382 g/mol. The summed E-state index contributed by atoms with van der Waals surface area (Å²) in [5.74, 6) is 1.24. The molecule has 0 saturated carbocycles. The number of methoxy groups -OCH3 is 1. The summed E-state index contributed by atoms with van der Waals surface area (Å²) >= 11 is 0. The maximum Gasteiger partial charge on any atom is 0.251 e. The van der Waals surface area contributed by atoms with E-state index in [1.807, 2.05) is 24.3 Å². The van der Waals surface area contributed by atoms with E-state index in [4.69, 9.17) is 9.47 Å². The Morgan fingerprint density at radius 3 is 2.68 bits per heavy atom. The van der Waals surface area contributed by atoms with Crippen molar-refractivity contribution in [2.45, 2.75) is 32.2 Å². The number of hydrogen-bond acceptors (Lipinski definition) is 4. The van der Waals surface area contributed by atoms with Crippen LogP contribution in [-0.4, -0.2) is 38.1 Å². The molecule has 0 bridgehead atoms. The first-order valence-corrected chi connectivity index (χ1v) is 9.59.